The molecule has 46 heavy (non-hydrogen) atoms. The van der Waals surface area contributed by atoms with Gasteiger partial charge in [0.15, 0.2) is 9.84 Å². The van der Waals surface area contributed by atoms with Gasteiger partial charge in [-0.15, -0.1) is 0 Å². The summed E-state index contributed by atoms with van der Waals surface area (Å²) >= 11 is 0. The molecule has 0 saturated carbocycles. The van der Waals surface area contributed by atoms with Crippen LogP contribution in [-0.2, 0) is 41.1 Å². The number of carbonyl (C=O) groups is 1. The molecule has 5 rings (SSSR count). The molecule has 1 fully saturated rings. The summed E-state index contributed by atoms with van der Waals surface area (Å²) in [4.78, 5) is 16.2. The van der Waals surface area contributed by atoms with Gasteiger partial charge in [0.1, 0.15) is 22.7 Å². The zero-order valence-electron chi connectivity index (χ0n) is 24.9. The fourth-order valence-electron chi connectivity index (χ4n) is 5.37. The van der Waals surface area contributed by atoms with E-state index in [1.165, 1.54) is 24.3 Å². The minimum Gasteiger partial charge on any atom is -0.493 e. The second-order valence-corrected chi connectivity index (χ2v) is 16.8. The maximum atomic E-state index is 13.9. The van der Waals surface area contributed by atoms with Gasteiger partial charge in [-0.1, -0.05) is 30.3 Å². The number of aryl methyl sites for hydroxylation is 1. The quantitative estimate of drug-likeness (QED) is 0.257. The van der Waals surface area contributed by atoms with Crippen LogP contribution in [0.3, 0.4) is 0 Å². The molecule has 1 amide bonds. The van der Waals surface area contributed by atoms with Crippen molar-refractivity contribution in [3.8, 4) is 5.75 Å². The van der Waals surface area contributed by atoms with Crippen molar-refractivity contribution in [1.82, 2.24) is 14.8 Å². The molecule has 3 atom stereocenters. The average Bonchev–Trinajstić information content (AvgIpc) is 3.55. The molecule has 0 aromatic heterocycles. The summed E-state index contributed by atoms with van der Waals surface area (Å²) in [5, 5.41) is 2.23. The molecule has 3 aromatic carbocycles. The molecule has 2 aliphatic rings. The van der Waals surface area contributed by atoms with E-state index in [0.717, 1.165) is 18.4 Å². The number of hydrogen-bond acceptors (Lipinski definition) is 10. The number of hydrogen-bond donors (Lipinski definition) is 3. The molecule has 0 aliphatic carbocycles. The van der Waals surface area contributed by atoms with Crippen molar-refractivity contribution in [2.75, 3.05) is 19.4 Å². The number of amidine groups is 1. The summed E-state index contributed by atoms with van der Waals surface area (Å²) in [5.74, 6) is -0.530. The Morgan fingerprint density at radius 3 is 2.46 bits per heavy atom. The van der Waals surface area contributed by atoms with Gasteiger partial charge in [-0.05, 0) is 66.4 Å². The van der Waals surface area contributed by atoms with Gasteiger partial charge < -0.3 is 10.1 Å². The Labute approximate surface area is 267 Å². The van der Waals surface area contributed by atoms with Crippen molar-refractivity contribution in [1.29, 1.82) is 0 Å². The van der Waals surface area contributed by atoms with Crippen LogP contribution >= 0.6 is 0 Å². The van der Waals surface area contributed by atoms with E-state index in [4.69, 9.17) is 4.74 Å². The first kappa shape index (κ1) is 33.5. The van der Waals surface area contributed by atoms with E-state index in [1.807, 2.05) is 4.72 Å². The zero-order chi connectivity index (χ0) is 33.3. The molecule has 0 bridgehead atoms. The summed E-state index contributed by atoms with van der Waals surface area (Å²) in [5.41, 5.74) is 1.76. The van der Waals surface area contributed by atoms with Crippen molar-refractivity contribution < 1.29 is 39.2 Å². The lowest BCUT2D eigenvalue weighted by Crippen LogP contribution is -2.48. The van der Waals surface area contributed by atoms with Crippen molar-refractivity contribution in [3.63, 3.8) is 0 Å². The highest BCUT2D eigenvalue weighted by Gasteiger charge is 2.38. The van der Waals surface area contributed by atoms with E-state index in [1.54, 1.807) is 37.3 Å². The first-order valence-corrected chi connectivity index (χ1v) is 19.2. The molecule has 246 valence electrons. The predicted octanol–water partition coefficient (Wildman–Crippen LogP) is 2.16. The van der Waals surface area contributed by atoms with Crippen LogP contribution in [0.25, 0.3) is 0 Å². The lowest BCUT2D eigenvalue weighted by molar-refractivity contribution is -0.118. The summed E-state index contributed by atoms with van der Waals surface area (Å²) in [6.07, 6.45) is 1.52. The molecule has 0 radical (unpaired) electrons. The predicted molar refractivity (Wildman–Crippen MR) is 169 cm³/mol. The summed E-state index contributed by atoms with van der Waals surface area (Å²) < 4.78 is 99.5. The number of amides is 1. The number of benzene rings is 3. The number of rotatable bonds is 12. The van der Waals surface area contributed by atoms with Crippen molar-refractivity contribution in [3.05, 3.63) is 89.2 Å². The van der Waals surface area contributed by atoms with Crippen LogP contribution in [-0.4, -0.2) is 68.5 Å². The third kappa shape index (κ3) is 7.92. The van der Waals surface area contributed by atoms with Crippen LogP contribution in [0, 0.1) is 12.7 Å². The van der Waals surface area contributed by atoms with E-state index in [-0.39, 0.29) is 35.3 Å². The van der Waals surface area contributed by atoms with Crippen LogP contribution in [0.1, 0.15) is 34.8 Å². The maximum absolute atomic E-state index is 13.9. The minimum absolute atomic E-state index is 0.123. The van der Waals surface area contributed by atoms with E-state index in [0.29, 0.717) is 41.2 Å². The molecule has 16 heteroatoms. The number of aliphatic imine (C=N–C) groups is 1. The highest BCUT2D eigenvalue weighted by atomic mass is 32.2. The van der Waals surface area contributed by atoms with Crippen LogP contribution in [0.5, 0.6) is 5.75 Å². The zero-order valence-corrected chi connectivity index (χ0v) is 27.4. The molecule has 1 saturated heterocycles. The SMILES string of the molecule is Cc1cc(CC(NS(=O)(=O)c2cccc(F)c2)C2=NC[C@@H](CCOc3cccc(S(C)(=O)=O)c3)N2)ccc1C1CC(=O)NS1(=O)=O. The number of halogens is 1. The molecule has 3 aromatic rings. The highest BCUT2D eigenvalue weighted by molar-refractivity contribution is 7.91. The Balaban J connectivity index is 1.32. The Bertz CT molecular complexity index is 2020. The number of nitrogens with zero attached hydrogens (tertiary/aromatic N) is 1. The summed E-state index contributed by atoms with van der Waals surface area (Å²) in [7, 11) is -11.4. The van der Waals surface area contributed by atoms with Crippen LogP contribution in [0.2, 0.25) is 0 Å². The van der Waals surface area contributed by atoms with Gasteiger partial charge in [0.25, 0.3) is 0 Å². The van der Waals surface area contributed by atoms with Gasteiger partial charge in [-0.3, -0.25) is 14.5 Å². The van der Waals surface area contributed by atoms with Gasteiger partial charge >= 0.3 is 0 Å². The smallest absolute Gasteiger partial charge is 0.242 e. The largest absolute Gasteiger partial charge is 0.493 e. The molecule has 2 aliphatic heterocycles. The molecule has 12 nitrogen and oxygen atoms in total. The lowest BCUT2D eigenvalue weighted by Gasteiger charge is -2.22. The third-order valence-electron chi connectivity index (χ3n) is 7.66. The molecular formula is C30H33FN4O8S3. The molecule has 2 heterocycles. The van der Waals surface area contributed by atoms with Gasteiger partial charge in [-0.2, -0.15) is 0 Å². The van der Waals surface area contributed by atoms with Crippen LogP contribution in [0.15, 0.2) is 81.5 Å². The number of sulfonamides is 2. The molecule has 2 unspecified atom stereocenters. The van der Waals surface area contributed by atoms with Gasteiger partial charge in [0, 0.05) is 12.7 Å². The van der Waals surface area contributed by atoms with Crippen LogP contribution in [0.4, 0.5) is 4.39 Å². The number of sulfone groups is 1. The maximum Gasteiger partial charge on any atom is 0.242 e. The van der Waals surface area contributed by atoms with Gasteiger partial charge in [-0.25, -0.2) is 34.4 Å². The first-order valence-electron chi connectivity index (χ1n) is 14.3. The summed E-state index contributed by atoms with van der Waals surface area (Å²) in [6.45, 7) is 2.27. The van der Waals surface area contributed by atoms with E-state index >= 15 is 0 Å². The Morgan fingerprint density at radius 1 is 1.04 bits per heavy atom. The van der Waals surface area contributed by atoms with Crippen molar-refractivity contribution in [2.45, 2.75) is 53.3 Å². The topological polar surface area (TPSA) is 177 Å². The Morgan fingerprint density at radius 2 is 1.78 bits per heavy atom. The molecule has 0 spiro atoms. The van der Waals surface area contributed by atoms with Crippen LogP contribution < -0.4 is 19.5 Å². The lowest BCUT2D eigenvalue weighted by atomic mass is 9.97. The minimum atomic E-state index is -4.19. The monoisotopic (exact) mass is 692 g/mol. The van der Waals surface area contributed by atoms with E-state index in [9.17, 15) is 34.4 Å². The molecular weight excluding hydrogens is 660 g/mol. The van der Waals surface area contributed by atoms with E-state index < -0.39 is 52.9 Å². The summed E-state index contributed by atoms with van der Waals surface area (Å²) in [6, 6.07) is 14.7. The normalized spacial score (nSPS) is 20.1. The first-order chi connectivity index (χ1) is 21.6. The van der Waals surface area contributed by atoms with E-state index in [2.05, 4.69) is 15.0 Å². The van der Waals surface area contributed by atoms with Crippen molar-refractivity contribution in [2.24, 2.45) is 4.99 Å². The standard InChI is InChI=1S/C30H33FN4O8S3/c1-19-13-20(9-10-26(19)28-17-29(36)35-46(28,41)42)14-27(34-45(39,40)25-8-3-5-21(31)15-25)30-32-18-22(33-30)11-12-43-23-6-4-7-24(16-23)44(2,37)38/h3-10,13,15-16,22,27-28,34H,11-12,14,17-18H2,1-2H3,(H,32,33)(H,35,36)/t22-,27?,28?/m1/s1. The van der Waals surface area contributed by atoms with Gasteiger partial charge in [0.2, 0.25) is 26.0 Å². The third-order valence-corrected chi connectivity index (χ3v) is 11.9. The Hall–Kier alpha value is -3.86. The second kappa shape index (κ2) is 13.1. The fraction of sp³-hybridized carbons (Fsp3) is 0.333. The average molecular weight is 693 g/mol. The van der Waals surface area contributed by atoms with Crippen molar-refractivity contribution >= 4 is 41.6 Å². The highest BCUT2D eigenvalue weighted by Crippen LogP contribution is 2.32. The Kier molecular flexibility index (Phi) is 9.54. The fourth-order valence-corrected chi connectivity index (χ4v) is 8.77. The van der Waals surface area contributed by atoms with Gasteiger partial charge in [0.05, 0.1) is 41.4 Å². The number of carbonyl (C=O) groups excluding carboxylic acids is 1. The molecule has 3 N–H and O–H groups in total. The number of ether oxygens (including phenoxy) is 1. The second-order valence-electron chi connectivity index (χ2n) is 11.2. The number of nitrogens with one attached hydrogen (secondary N) is 3.